The number of nitrogens with zero attached hydrogens (tertiary/aromatic N) is 5. The third kappa shape index (κ3) is 2.92. The molecular formula is C15H10N6O. The van der Waals surface area contributed by atoms with Crippen molar-refractivity contribution in [2.24, 2.45) is 0 Å². The molecule has 0 aliphatic heterocycles. The van der Waals surface area contributed by atoms with Crippen LogP contribution >= 0.6 is 0 Å². The number of hydrogen-bond acceptors (Lipinski definition) is 7. The van der Waals surface area contributed by atoms with Crippen molar-refractivity contribution < 1.29 is 4.52 Å². The summed E-state index contributed by atoms with van der Waals surface area (Å²) in [6, 6.07) is 12.1. The number of rotatable bonds is 4. The first-order valence-corrected chi connectivity index (χ1v) is 6.37. The van der Waals surface area contributed by atoms with Crippen molar-refractivity contribution in [2.75, 3.05) is 5.32 Å². The summed E-state index contributed by atoms with van der Waals surface area (Å²) < 4.78 is 5.18. The van der Waals surface area contributed by atoms with Crippen molar-refractivity contribution >= 4 is 5.69 Å². The van der Waals surface area contributed by atoms with Crippen LogP contribution in [0.2, 0.25) is 0 Å². The minimum absolute atomic E-state index is 0.132. The van der Waals surface area contributed by atoms with E-state index in [1.165, 1.54) is 0 Å². The second-order valence-corrected chi connectivity index (χ2v) is 4.13. The van der Waals surface area contributed by atoms with Crippen LogP contribution in [0.15, 0.2) is 40.1 Å². The van der Waals surface area contributed by atoms with Crippen molar-refractivity contribution in [1.29, 1.82) is 15.8 Å². The van der Waals surface area contributed by atoms with Gasteiger partial charge in [0.1, 0.15) is 23.9 Å². The molecule has 2 rings (SSSR count). The molecule has 7 heteroatoms. The van der Waals surface area contributed by atoms with Gasteiger partial charge in [0.15, 0.2) is 11.4 Å². The van der Waals surface area contributed by atoms with E-state index in [1.807, 2.05) is 6.92 Å². The van der Waals surface area contributed by atoms with Gasteiger partial charge in [-0.1, -0.05) is 24.2 Å². The highest BCUT2D eigenvalue weighted by Gasteiger charge is 2.14. The summed E-state index contributed by atoms with van der Waals surface area (Å²) in [6.07, 6.45) is 0.634. The predicted molar refractivity (Wildman–Crippen MR) is 76.6 cm³/mol. The maximum absolute atomic E-state index is 9.10. The van der Waals surface area contributed by atoms with Crippen LogP contribution in [0, 0.1) is 34.0 Å². The average Bonchev–Trinajstić information content (AvgIpc) is 3.04. The van der Waals surface area contributed by atoms with Crippen LogP contribution in [-0.2, 0) is 6.42 Å². The Kier molecular flexibility index (Phi) is 4.49. The highest BCUT2D eigenvalue weighted by atomic mass is 16.5. The molecule has 1 aromatic carbocycles. The van der Waals surface area contributed by atoms with Gasteiger partial charge in [-0.25, -0.2) is 0 Å². The second kappa shape index (κ2) is 6.69. The van der Waals surface area contributed by atoms with Gasteiger partial charge in [-0.15, -0.1) is 0 Å². The van der Waals surface area contributed by atoms with Crippen LogP contribution in [0.5, 0.6) is 0 Å². The summed E-state index contributed by atoms with van der Waals surface area (Å²) in [5.74, 6) is 0.864. The van der Waals surface area contributed by atoms with Gasteiger partial charge in [-0.2, -0.15) is 20.8 Å². The summed E-state index contributed by atoms with van der Waals surface area (Å²) >= 11 is 0. The molecule has 0 atom stereocenters. The third-order valence-corrected chi connectivity index (χ3v) is 2.79. The second-order valence-electron chi connectivity index (χ2n) is 4.13. The van der Waals surface area contributed by atoms with Crippen molar-refractivity contribution in [3.63, 3.8) is 0 Å². The predicted octanol–water partition coefficient (Wildman–Crippen LogP) is 2.54. The Morgan fingerprint density at radius 3 is 2.50 bits per heavy atom. The Balaban J connectivity index is 2.46. The highest BCUT2D eigenvalue weighted by Crippen LogP contribution is 2.27. The smallest absolute Gasteiger partial charge is 0.260 e. The lowest BCUT2D eigenvalue weighted by Crippen LogP contribution is -2.02. The van der Waals surface area contributed by atoms with Gasteiger partial charge in [0, 0.05) is 6.42 Å². The van der Waals surface area contributed by atoms with Crippen molar-refractivity contribution in [3.8, 4) is 29.7 Å². The number of benzene rings is 1. The first kappa shape index (κ1) is 14.8. The van der Waals surface area contributed by atoms with Crippen LogP contribution in [0.4, 0.5) is 5.69 Å². The lowest BCUT2D eigenvalue weighted by Gasteiger charge is -2.08. The molecule has 0 fully saturated rings. The van der Waals surface area contributed by atoms with Crippen LogP contribution in [-0.4, -0.2) is 10.1 Å². The molecule has 0 saturated heterocycles. The minimum Gasteiger partial charge on any atom is -0.344 e. The van der Waals surface area contributed by atoms with Gasteiger partial charge in [-0.3, -0.25) is 0 Å². The molecule has 22 heavy (non-hydrogen) atoms. The van der Waals surface area contributed by atoms with Gasteiger partial charge < -0.3 is 9.84 Å². The van der Waals surface area contributed by atoms with Crippen LogP contribution in [0.3, 0.4) is 0 Å². The summed E-state index contributed by atoms with van der Waals surface area (Å²) in [6.45, 7) is 1.90. The van der Waals surface area contributed by atoms with E-state index in [1.54, 1.807) is 42.5 Å². The Labute approximate surface area is 126 Å². The lowest BCUT2D eigenvalue weighted by molar-refractivity contribution is 0.423. The van der Waals surface area contributed by atoms with E-state index in [9.17, 15) is 0 Å². The number of allylic oxidation sites excluding steroid dienone is 2. The van der Waals surface area contributed by atoms with Gasteiger partial charge >= 0.3 is 0 Å². The zero-order valence-corrected chi connectivity index (χ0v) is 11.7. The van der Waals surface area contributed by atoms with E-state index in [0.717, 1.165) is 0 Å². The fourth-order valence-electron chi connectivity index (χ4n) is 1.70. The van der Waals surface area contributed by atoms with Crippen molar-refractivity contribution in [3.05, 3.63) is 41.4 Å². The normalized spacial score (nSPS) is 9.18. The number of para-hydroxylation sites is 1. The maximum Gasteiger partial charge on any atom is 0.260 e. The fourth-order valence-corrected chi connectivity index (χ4v) is 1.70. The lowest BCUT2D eigenvalue weighted by atomic mass is 10.1. The van der Waals surface area contributed by atoms with E-state index in [0.29, 0.717) is 29.4 Å². The molecule has 1 heterocycles. The molecule has 0 aliphatic carbocycles. The Hall–Kier alpha value is -3.63. The average molecular weight is 290 g/mol. The van der Waals surface area contributed by atoms with Crippen LogP contribution < -0.4 is 5.32 Å². The van der Waals surface area contributed by atoms with E-state index in [4.69, 9.17) is 20.3 Å². The molecule has 0 bridgehead atoms. The standard InChI is InChI=1S/C15H10N6O/c1-2-14-20-15(22-21-14)11-5-3-4-6-12(11)19-13(9-18)10(7-16)8-17/h3-6,19H,2H2,1H3. The summed E-state index contributed by atoms with van der Waals surface area (Å²) in [5, 5.41) is 33.4. The molecule has 7 nitrogen and oxygen atoms in total. The first-order chi connectivity index (χ1) is 10.7. The molecule has 0 saturated carbocycles. The van der Waals surface area contributed by atoms with Gasteiger partial charge in [0.25, 0.3) is 5.89 Å². The number of hydrogen-bond donors (Lipinski definition) is 1. The summed E-state index contributed by atoms with van der Waals surface area (Å²) in [4.78, 5) is 4.23. The number of nitrogens with one attached hydrogen (secondary N) is 1. The first-order valence-electron chi connectivity index (χ1n) is 6.37. The number of anilines is 1. The third-order valence-electron chi connectivity index (χ3n) is 2.79. The van der Waals surface area contributed by atoms with Crippen LogP contribution in [0.25, 0.3) is 11.5 Å². The maximum atomic E-state index is 9.10. The largest absolute Gasteiger partial charge is 0.344 e. The monoisotopic (exact) mass is 290 g/mol. The summed E-state index contributed by atoms with van der Waals surface area (Å²) in [5.41, 5.74) is 0.649. The van der Waals surface area contributed by atoms with Gasteiger partial charge in [-0.05, 0) is 12.1 Å². The fraction of sp³-hybridized carbons (Fsp3) is 0.133. The van der Waals surface area contributed by atoms with Gasteiger partial charge in [0.2, 0.25) is 0 Å². The number of aryl methyl sites for hydroxylation is 1. The SMILES string of the molecule is CCc1noc(-c2ccccc2NC(C#N)=C(C#N)C#N)n1. The molecule has 0 amide bonds. The molecule has 0 unspecified atom stereocenters. The van der Waals surface area contributed by atoms with Crippen LogP contribution in [0.1, 0.15) is 12.7 Å². The van der Waals surface area contributed by atoms with Crippen molar-refractivity contribution in [2.45, 2.75) is 13.3 Å². The zero-order chi connectivity index (χ0) is 15.9. The molecule has 1 aromatic heterocycles. The quantitative estimate of drug-likeness (QED) is 0.858. The molecule has 2 aromatic rings. The molecule has 0 aliphatic rings. The van der Waals surface area contributed by atoms with E-state index in [2.05, 4.69) is 15.5 Å². The zero-order valence-electron chi connectivity index (χ0n) is 11.7. The number of aromatic nitrogens is 2. The molecule has 106 valence electrons. The highest BCUT2D eigenvalue weighted by molar-refractivity contribution is 5.75. The Morgan fingerprint density at radius 1 is 1.18 bits per heavy atom. The molecule has 1 N–H and O–H groups in total. The topological polar surface area (TPSA) is 122 Å². The Bertz CT molecular complexity index is 828. The summed E-state index contributed by atoms with van der Waals surface area (Å²) in [7, 11) is 0. The molecule has 0 spiro atoms. The minimum atomic E-state index is -0.294. The van der Waals surface area contributed by atoms with Crippen molar-refractivity contribution in [1.82, 2.24) is 10.1 Å². The van der Waals surface area contributed by atoms with E-state index < -0.39 is 0 Å². The van der Waals surface area contributed by atoms with E-state index in [-0.39, 0.29) is 11.3 Å². The molecule has 0 radical (unpaired) electrons. The van der Waals surface area contributed by atoms with E-state index >= 15 is 0 Å². The number of nitriles is 3. The Morgan fingerprint density at radius 2 is 1.91 bits per heavy atom. The van der Waals surface area contributed by atoms with Gasteiger partial charge in [0.05, 0.1) is 11.3 Å². The molecular weight excluding hydrogens is 280 g/mol.